The number of phenols is 2. The van der Waals surface area contributed by atoms with E-state index in [9.17, 15) is 20.4 Å². The molecule has 10 fully saturated rings. The third-order valence-electron chi connectivity index (χ3n) is 20.4. The van der Waals surface area contributed by atoms with Gasteiger partial charge in [-0.15, -0.1) is 0 Å². The molecule has 10 aliphatic carbocycles. The van der Waals surface area contributed by atoms with Gasteiger partial charge in [0.2, 0.25) is 8.32 Å². The Hall–Kier alpha value is -2.54. The monoisotopic (exact) mass is 905 g/mol. The van der Waals surface area contributed by atoms with Crippen molar-refractivity contribution in [1.29, 1.82) is 0 Å². The van der Waals surface area contributed by atoms with E-state index in [2.05, 4.69) is 79.9 Å². The Bertz CT molecular complexity index is 2010. The van der Waals surface area contributed by atoms with Gasteiger partial charge in [-0.2, -0.15) is 0 Å². The molecule has 6 atom stereocenters. The lowest BCUT2D eigenvalue weighted by Gasteiger charge is -2.57. The quantitative estimate of drug-likeness (QED) is 0.141. The van der Waals surface area contributed by atoms with Gasteiger partial charge in [0.1, 0.15) is 17.2 Å². The molecule has 4 N–H and O–H groups in total. The van der Waals surface area contributed by atoms with Crippen molar-refractivity contribution in [2.45, 2.75) is 198 Å². The van der Waals surface area contributed by atoms with Crippen LogP contribution in [0.25, 0.3) is 0 Å². The number of benzene rings is 2. The van der Waals surface area contributed by atoms with E-state index in [0.717, 1.165) is 85.2 Å². The molecule has 0 radical (unpaired) electrons. The molecule has 2 aromatic carbocycles. The zero-order chi connectivity index (χ0) is 46.4. The predicted octanol–water partition coefficient (Wildman–Crippen LogP) is 14.5. The average molecular weight is 905 g/mol. The minimum atomic E-state index is -2.02. The third kappa shape index (κ3) is 8.99. The maximum atomic E-state index is 11.1. The molecule has 10 saturated carbocycles. The summed E-state index contributed by atoms with van der Waals surface area (Å²) in [5, 5.41) is 42.2. The largest absolute Gasteiger partial charge is 0.543 e. The first-order valence-corrected chi connectivity index (χ1v) is 29.5. The maximum absolute atomic E-state index is 11.1. The number of aliphatic hydroxyl groups excluding tert-OH is 2. The number of allylic oxidation sites excluding steroid dienone is 2. The van der Waals surface area contributed by atoms with E-state index in [1.54, 1.807) is 5.56 Å². The zero-order valence-corrected chi connectivity index (χ0v) is 43.0. The van der Waals surface area contributed by atoms with Crippen molar-refractivity contribution < 1.29 is 24.9 Å². The summed E-state index contributed by atoms with van der Waals surface area (Å²) >= 11 is 0. The summed E-state index contributed by atoms with van der Waals surface area (Å²) in [6, 6.07) is 9.09. The number of aliphatic hydroxyl groups is 2. The second kappa shape index (κ2) is 17.8. The molecule has 0 unspecified atom stereocenters. The summed E-state index contributed by atoms with van der Waals surface area (Å²) in [5.41, 5.74) is 9.22. The van der Waals surface area contributed by atoms with Crippen LogP contribution in [0.1, 0.15) is 190 Å². The van der Waals surface area contributed by atoms with Gasteiger partial charge in [-0.1, -0.05) is 51.1 Å². The van der Waals surface area contributed by atoms with Gasteiger partial charge in [-0.3, -0.25) is 0 Å². The number of phenolic OH excluding ortho intramolecular Hbond substituents is 2. The maximum Gasteiger partial charge on any atom is 0.250 e. The highest BCUT2D eigenvalue weighted by Gasteiger charge is 2.54. The Kier molecular flexibility index (Phi) is 13.0. The molecule has 0 heterocycles. The number of hydrogen-bond donors (Lipinski definition) is 4. The second-order valence-electron chi connectivity index (χ2n) is 26.2. The topological polar surface area (TPSA) is 90.2 Å². The second-order valence-corrected chi connectivity index (χ2v) is 31.0. The molecule has 0 saturated heterocycles. The molecule has 0 spiro atoms. The van der Waals surface area contributed by atoms with E-state index in [1.165, 1.54) is 99.5 Å². The molecule has 5 nitrogen and oxygen atoms in total. The molecule has 6 heteroatoms. The predicted molar refractivity (Wildman–Crippen MR) is 269 cm³/mol. The van der Waals surface area contributed by atoms with Gasteiger partial charge in [0.25, 0.3) is 0 Å². The molecule has 12 rings (SSSR count). The van der Waals surface area contributed by atoms with Gasteiger partial charge in [0.05, 0.1) is 0 Å². The molecule has 65 heavy (non-hydrogen) atoms. The molecule has 358 valence electrons. The van der Waals surface area contributed by atoms with Crippen LogP contribution in [0, 0.1) is 66.1 Å². The van der Waals surface area contributed by atoms with Crippen LogP contribution in [0.5, 0.6) is 17.2 Å². The number of rotatable bonds is 10. The normalized spacial score (nSPS) is 38.3. The van der Waals surface area contributed by atoms with Gasteiger partial charge in [-0.05, 0) is 277 Å². The summed E-state index contributed by atoms with van der Waals surface area (Å²) in [6.07, 6.45) is 22.5. The van der Waals surface area contributed by atoms with Crippen LogP contribution < -0.4 is 4.43 Å². The van der Waals surface area contributed by atoms with Crippen molar-refractivity contribution in [3.8, 4) is 17.2 Å². The fraction of sp³-hybridized carbons (Fsp3) is 0.729. The highest BCUT2D eigenvalue weighted by Crippen LogP contribution is 2.64. The van der Waals surface area contributed by atoms with E-state index in [0.29, 0.717) is 35.3 Å². The molecular weight excluding hydrogens is 817 g/mol. The molecular formula is C59H88O5Si. The molecule has 10 aliphatic rings. The third-order valence-corrected chi connectivity index (χ3v) is 24.7. The van der Waals surface area contributed by atoms with Gasteiger partial charge < -0.3 is 24.9 Å². The molecule has 0 amide bonds. The van der Waals surface area contributed by atoms with Crippen molar-refractivity contribution in [1.82, 2.24) is 0 Å². The highest BCUT2D eigenvalue weighted by molar-refractivity contribution is 6.74. The number of aryl methyl sites for hydroxylation is 1. The minimum absolute atomic E-state index is 0.0313. The molecule has 0 aliphatic heterocycles. The highest BCUT2D eigenvalue weighted by atomic mass is 28.4. The first-order chi connectivity index (χ1) is 30.7. The summed E-state index contributed by atoms with van der Waals surface area (Å²) in [7, 11) is -2.02. The fourth-order valence-corrected chi connectivity index (χ4v) is 18.0. The van der Waals surface area contributed by atoms with Crippen LogP contribution in [-0.2, 0) is 10.8 Å². The summed E-state index contributed by atoms with van der Waals surface area (Å²) in [4.78, 5) is 0. The number of hydrogen-bond acceptors (Lipinski definition) is 5. The van der Waals surface area contributed by atoms with Crippen molar-refractivity contribution in [2.24, 2.45) is 59.2 Å². The van der Waals surface area contributed by atoms with Crippen LogP contribution >= 0.6 is 0 Å². The molecule has 8 bridgehead atoms. The van der Waals surface area contributed by atoms with Crippen LogP contribution in [0.4, 0.5) is 0 Å². The lowest BCUT2D eigenvalue weighted by atomic mass is 9.48. The first-order valence-electron chi connectivity index (χ1n) is 26.6. The van der Waals surface area contributed by atoms with Crippen molar-refractivity contribution >= 4 is 8.32 Å². The Labute approximate surface area is 395 Å². The fourth-order valence-electron chi connectivity index (χ4n) is 17.0. The van der Waals surface area contributed by atoms with E-state index in [4.69, 9.17) is 4.43 Å². The van der Waals surface area contributed by atoms with Crippen LogP contribution in [0.3, 0.4) is 0 Å². The minimum Gasteiger partial charge on any atom is -0.543 e. The van der Waals surface area contributed by atoms with Crippen LogP contribution in [0.15, 0.2) is 48.6 Å². The van der Waals surface area contributed by atoms with E-state index >= 15 is 0 Å². The van der Waals surface area contributed by atoms with E-state index < -0.39 is 8.32 Å². The Morgan fingerprint density at radius 3 is 1.32 bits per heavy atom. The van der Waals surface area contributed by atoms with Gasteiger partial charge in [-0.25, -0.2) is 0 Å². The van der Waals surface area contributed by atoms with Crippen molar-refractivity contribution in [3.63, 3.8) is 0 Å². The summed E-state index contributed by atoms with van der Waals surface area (Å²) in [6.45, 7) is 27.6. The van der Waals surface area contributed by atoms with Crippen molar-refractivity contribution in [3.05, 3.63) is 76.4 Å². The Morgan fingerprint density at radius 1 is 0.600 bits per heavy atom. The smallest absolute Gasteiger partial charge is 0.250 e. The van der Waals surface area contributed by atoms with E-state index in [-0.39, 0.29) is 46.3 Å². The average Bonchev–Trinajstić information content (AvgIpc) is 3.21. The van der Waals surface area contributed by atoms with Gasteiger partial charge in [0, 0.05) is 18.8 Å². The molecule has 2 aromatic rings. The Morgan fingerprint density at radius 2 is 0.969 bits per heavy atom. The summed E-state index contributed by atoms with van der Waals surface area (Å²) < 4.78 is 7.28. The van der Waals surface area contributed by atoms with E-state index in [1.807, 2.05) is 12.1 Å². The number of aromatic hydroxyl groups is 2. The summed E-state index contributed by atoms with van der Waals surface area (Å²) in [5.74, 6) is 8.78. The van der Waals surface area contributed by atoms with Gasteiger partial charge >= 0.3 is 0 Å². The first kappa shape index (κ1) is 47.5. The SMILES string of the molecule is C=C(C)[C@@H]1CC[C@@H](CO)C[C@H]1c1c(C)cc(C23CC4CC(CC(C4)C2)C3)cc1O[Si](C)(C)C(C)(C)C.C=C(C)[C@@H]1CC[C@@H](CO)C[C@H]1c1c(O)cc(C23CC4CC(CC(C4)C2)C3)cc1O. The van der Waals surface area contributed by atoms with Gasteiger partial charge in [0.15, 0.2) is 0 Å². The van der Waals surface area contributed by atoms with Crippen LogP contribution in [0.2, 0.25) is 18.1 Å². The van der Waals surface area contributed by atoms with Crippen LogP contribution in [-0.4, -0.2) is 42.0 Å². The Balaban J connectivity index is 0.000000168. The van der Waals surface area contributed by atoms with Crippen molar-refractivity contribution in [2.75, 3.05) is 13.2 Å². The molecule has 0 aromatic heterocycles. The lowest BCUT2D eigenvalue weighted by molar-refractivity contribution is -0.00545. The lowest BCUT2D eigenvalue weighted by Crippen LogP contribution is -2.48. The standard InChI is InChI=1S/C33H52O2Si.C26H36O3/c1-21(2)28-10-9-23(20-34)15-29(28)31-22(3)11-27(16-30(31)35-36(7,8)32(4,5)6)33-17-24-12-25(18-33)14-26(13-24)19-33;1-15(2)21-4-3-16(14-27)8-22(21)25-23(28)9-20(10-24(25)29)26-11-17-5-18(12-26)7-19(6-17)13-26/h11,16,23-26,28-29,34H,1,9-10,12-15,17-20H2,2-8H3;9-10,16-19,21-22,27-29H,1,3-8,11-14H2,2H3/t23-,24?,25?,26?,28+,29-,33?;16-,17?,18?,19?,21+,22-,26?/m11/s1. The zero-order valence-electron chi connectivity index (χ0n) is 42.0.